The van der Waals surface area contributed by atoms with Crippen molar-refractivity contribution in [1.82, 2.24) is 4.90 Å². The van der Waals surface area contributed by atoms with E-state index in [2.05, 4.69) is 31.0 Å². The summed E-state index contributed by atoms with van der Waals surface area (Å²) in [7, 11) is 3.75. The maximum atomic E-state index is 9.18. The van der Waals surface area contributed by atoms with Gasteiger partial charge >= 0.3 is 0 Å². The minimum absolute atomic E-state index is 0.202. The maximum Gasteiger partial charge on any atom is 0.123 e. The first-order chi connectivity index (χ1) is 10.2. The average molecular weight is 280 g/mol. The molecule has 2 aromatic carbocycles. The van der Waals surface area contributed by atoms with Crippen molar-refractivity contribution in [1.29, 1.82) is 5.26 Å². The number of rotatable bonds is 5. The number of nitriles is 1. The lowest BCUT2D eigenvalue weighted by molar-refractivity contribution is 0.247. The van der Waals surface area contributed by atoms with Crippen LogP contribution >= 0.6 is 0 Å². The molecule has 0 heterocycles. The quantitative estimate of drug-likeness (QED) is 0.836. The van der Waals surface area contributed by atoms with E-state index >= 15 is 0 Å². The van der Waals surface area contributed by atoms with Crippen molar-refractivity contribution in [2.75, 3.05) is 14.2 Å². The van der Waals surface area contributed by atoms with Gasteiger partial charge < -0.3 is 4.74 Å². The average Bonchev–Trinajstić information content (AvgIpc) is 2.54. The highest BCUT2D eigenvalue weighted by atomic mass is 16.5. The van der Waals surface area contributed by atoms with Crippen LogP contribution in [0.25, 0.3) is 0 Å². The maximum absolute atomic E-state index is 9.18. The van der Waals surface area contributed by atoms with Gasteiger partial charge in [-0.3, -0.25) is 4.90 Å². The molecule has 0 N–H and O–H groups in total. The Balaban J connectivity index is 2.20. The molecule has 0 aliphatic heterocycles. The van der Waals surface area contributed by atoms with Crippen molar-refractivity contribution in [3.05, 3.63) is 65.2 Å². The van der Waals surface area contributed by atoms with Gasteiger partial charge in [0.2, 0.25) is 0 Å². The molecule has 0 radical (unpaired) electrons. The van der Waals surface area contributed by atoms with Crippen molar-refractivity contribution in [2.24, 2.45) is 0 Å². The van der Waals surface area contributed by atoms with Gasteiger partial charge in [0.15, 0.2) is 0 Å². The minimum Gasteiger partial charge on any atom is -0.496 e. The molecular weight excluding hydrogens is 260 g/mol. The van der Waals surface area contributed by atoms with Crippen molar-refractivity contribution in [2.45, 2.75) is 19.5 Å². The Morgan fingerprint density at radius 1 is 1.14 bits per heavy atom. The van der Waals surface area contributed by atoms with E-state index in [0.717, 1.165) is 29.0 Å². The zero-order chi connectivity index (χ0) is 15.2. The fourth-order valence-corrected chi connectivity index (χ4v) is 2.42. The Kier molecular flexibility index (Phi) is 4.97. The Bertz CT molecular complexity index is 646. The van der Waals surface area contributed by atoms with E-state index in [1.54, 1.807) is 7.11 Å². The summed E-state index contributed by atoms with van der Waals surface area (Å²) >= 11 is 0. The van der Waals surface area contributed by atoms with Crippen LogP contribution in [0.4, 0.5) is 0 Å². The van der Waals surface area contributed by atoms with Crippen molar-refractivity contribution in [3.63, 3.8) is 0 Å². The van der Waals surface area contributed by atoms with Crippen LogP contribution in [-0.4, -0.2) is 19.1 Å². The van der Waals surface area contributed by atoms with Crippen LogP contribution in [0.15, 0.2) is 48.5 Å². The smallest absolute Gasteiger partial charge is 0.123 e. The highest BCUT2D eigenvalue weighted by Gasteiger charge is 2.16. The van der Waals surface area contributed by atoms with Crippen LogP contribution < -0.4 is 4.74 Å². The number of para-hydroxylation sites is 1. The largest absolute Gasteiger partial charge is 0.496 e. The topological polar surface area (TPSA) is 36.3 Å². The lowest BCUT2D eigenvalue weighted by atomic mass is 10.0. The monoisotopic (exact) mass is 280 g/mol. The Morgan fingerprint density at radius 2 is 1.81 bits per heavy atom. The van der Waals surface area contributed by atoms with Gasteiger partial charge in [-0.2, -0.15) is 5.26 Å². The van der Waals surface area contributed by atoms with Gasteiger partial charge in [-0.05, 0) is 31.7 Å². The summed E-state index contributed by atoms with van der Waals surface area (Å²) in [6, 6.07) is 18.2. The second-order valence-corrected chi connectivity index (χ2v) is 5.10. The van der Waals surface area contributed by atoms with E-state index in [1.807, 2.05) is 42.5 Å². The van der Waals surface area contributed by atoms with E-state index < -0.39 is 0 Å². The highest BCUT2D eigenvalue weighted by molar-refractivity contribution is 5.38. The molecule has 2 rings (SSSR count). The third kappa shape index (κ3) is 3.42. The molecule has 0 amide bonds. The zero-order valence-electron chi connectivity index (χ0n) is 12.7. The van der Waals surface area contributed by atoms with E-state index in [4.69, 9.17) is 4.74 Å². The van der Waals surface area contributed by atoms with Crippen molar-refractivity contribution >= 4 is 0 Å². The second kappa shape index (κ2) is 6.92. The first-order valence-electron chi connectivity index (χ1n) is 6.98. The van der Waals surface area contributed by atoms with Crippen LogP contribution in [0.1, 0.15) is 29.7 Å². The summed E-state index contributed by atoms with van der Waals surface area (Å²) in [5.74, 6) is 0.894. The molecule has 2 aromatic rings. The molecule has 0 aliphatic carbocycles. The molecule has 0 aromatic heterocycles. The summed E-state index contributed by atoms with van der Waals surface area (Å²) in [6.07, 6.45) is 0. The summed E-state index contributed by atoms with van der Waals surface area (Å²) in [6.45, 7) is 2.87. The zero-order valence-corrected chi connectivity index (χ0v) is 12.7. The van der Waals surface area contributed by atoms with E-state index in [1.165, 1.54) is 0 Å². The molecule has 3 heteroatoms. The van der Waals surface area contributed by atoms with Crippen molar-refractivity contribution < 1.29 is 4.74 Å². The molecule has 0 bridgehead atoms. The molecule has 21 heavy (non-hydrogen) atoms. The Hall–Kier alpha value is -2.31. The number of hydrogen-bond acceptors (Lipinski definition) is 3. The number of nitrogens with zero attached hydrogens (tertiary/aromatic N) is 2. The van der Waals surface area contributed by atoms with Crippen LogP contribution in [0.2, 0.25) is 0 Å². The van der Waals surface area contributed by atoms with Crippen LogP contribution in [0, 0.1) is 11.3 Å². The van der Waals surface area contributed by atoms with Gasteiger partial charge in [-0.25, -0.2) is 0 Å². The standard InChI is InChI=1S/C18H20N2O/c1-14(17-10-6-7-11-18(17)21-3)20(2)13-16-9-5-4-8-15(16)12-19/h4-11,14H,13H2,1-3H3/t14-/m0/s1. The van der Waals surface area contributed by atoms with E-state index in [0.29, 0.717) is 0 Å². The number of methoxy groups -OCH3 is 1. The van der Waals surface area contributed by atoms with Crippen LogP contribution in [0.3, 0.4) is 0 Å². The fourth-order valence-electron chi connectivity index (χ4n) is 2.42. The Morgan fingerprint density at radius 3 is 2.52 bits per heavy atom. The molecule has 3 nitrogen and oxygen atoms in total. The summed E-state index contributed by atoms with van der Waals surface area (Å²) in [4.78, 5) is 2.22. The molecule has 1 atom stereocenters. The van der Waals surface area contributed by atoms with E-state index in [-0.39, 0.29) is 6.04 Å². The lowest BCUT2D eigenvalue weighted by Gasteiger charge is -2.26. The van der Waals surface area contributed by atoms with Crippen LogP contribution in [-0.2, 0) is 6.54 Å². The molecule has 108 valence electrons. The number of hydrogen-bond donors (Lipinski definition) is 0. The SMILES string of the molecule is COc1ccccc1[C@H](C)N(C)Cc1ccccc1C#N. The Labute approximate surface area is 126 Å². The van der Waals surface area contributed by atoms with Gasteiger partial charge in [0.25, 0.3) is 0 Å². The normalized spacial score (nSPS) is 12.0. The number of benzene rings is 2. The van der Waals surface area contributed by atoms with Gasteiger partial charge in [0.1, 0.15) is 5.75 Å². The van der Waals surface area contributed by atoms with Gasteiger partial charge in [-0.15, -0.1) is 0 Å². The summed E-state index contributed by atoms with van der Waals surface area (Å²) in [5.41, 5.74) is 2.93. The molecular formula is C18H20N2O. The first kappa shape index (κ1) is 15.1. The molecule has 0 aliphatic rings. The number of ether oxygens (including phenoxy) is 1. The predicted octanol–water partition coefficient (Wildman–Crippen LogP) is 3.76. The predicted molar refractivity (Wildman–Crippen MR) is 84.0 cm³/mol. The third-order valence-electron chi connectivity index (χ3n) is 3.81. The lowest BCUT2D eigenvalue weighted by Crippen LogP contribution is -2.22. The summed E-state index contributed by atoms with van der Waals surface area (Å²) < 4.78 is 5.43. The first-order valence-corrected chi connectivity index (χ1v) is 6.98. The summed E-state index contributed by atoms with van der Waals surface area (Å²) in [5, 5.41) is 9.18. The van der Waals surface area contributed by atoms with Gasteiger partial charge in [0, 0.05) is 18.2 Å². The van der Waals surface area contributed by atoms with Gasteiger partial charge in [-0.1, -0.05) is 36.4 Å². The minimum atomic E-state index is 0.202. The molecule has 0 saturated heterocycles. The highest BCUT2D eigenvalue weighted by Crippen LogP contribution is 2.29. The van der Waals surface area contributed by atoms with Gasteiger partial charge in [0.05, 0.1) is 18.7 Å². The van der Waals surface area contributed by atoms with Crippen LogP contribution in [0.5, 0.6) is 5.75 Å². The second-order valence-electron chi connectivity index (χ2n) is 5.10. The fraction of sp³-hybridized carbons (Fsp3) is 0.278. The van der Waals surface area contributed by atoms with E-state index in [9.17, 15) is 5.26 Å². The van der Waals surface area contributed by atoms with Crippen molar-refractivity contribution in [3.8, 4) is 11.8 Å². The third-order valence-corrected chi connectivity index (χ3v) is 3.81. The molecule has 0 saturated carbocycles. The molecule has 0 spiro atoms. The molecule has 0 fully saturated rings. The molecule has 0 unspecified atom stereocenters.